The van der Waals surface area contributed by atoms with Crippen molar-refractivity contribution in [1.29, 1.82) is 0 Å². The topological polar surface area (TPSA) is 73.9 Å². The number of hydrogen-bond donors (Lipinski definition) is 1. The summed E-state index contributed by atoms with van der Waals surface area (Å²) in [7, 11) is 0. The normalized spacial score (nSPS) is 12.2. The Kier molecular flexibility index (Phi) is 5.32. The fourth-order valence-corrected chi connectivity index (χ4v) is 1.94. The van der Waals surface area contributed by atoms with Crippen molar-refractivity contribution in [1.82, 2.24) is 0 Å². The number of nitrogens with zero attached hydrogens (tertiary/aromatic N) is 1. The van der Waals surface area contributed by atoms with Crippen LogP contribution in [0.2, 0.25) is 10.0 Å². The lowest BCUT2D eigenvalue weighted by Crippen LogP contribution is -2.20. The lowest BCUT2D eigenvalue weighted by Gasteiger charge is -2.12. The first-order valence-corrected chi connectivity index (χ1v) is 5.62. The fourth-order valence-electron chi connectivity index (χ4n) is 1.22. The van der Waals surface area contributed by atoms with Gasteiger partial charge in [0.2, 0.25) is 0 Å². The minimum absolute atomic E-state index is 0.240. The maximum Gasteiger partial charge on any atom is 0.573 e. The molecule has 110 valence electrons. The standard InChI is InChI=1S/C9H4Cl3F3N2O3/c10-4-1-3(19-9(13,14)15)2-5(11)6(4)7(17-16)8(18)20-12/h1-2H,16H2. The zero-order valence-corrected chi connectivity index (χ0v) is 11.4. The van der Waals surface area contributed by atoms with Gasteiger partial charge in [0.15, 0.2) is 5.71 Å². The van der Waals surface area contributed by atoms with E-state index in [0.29, 0.717) is 0 Å². The van der Waals surface area contributed by atoms with Gasteiger partial charge in [0.25, 0.3) is 0 Å². The molecule has 20 heavy (non-hydrogen) atoms. The molecule has 0 aliphatic heterocycles. The summed E-state index contributed by atoms with van der Waals surface area (Å²) in [6.45, 7) is 0. The van der Waals surface area contributed by atoms with Crippen LogP contribution >= 0.6 is 35.1 Å². The van der Waals surface area contributed by atoms with E-state index in [4.69, 9.17) is 40.9 Å². The first kappa shape index (κ1) is 16.7. The number of ether oxygens (including phenoxy) is 1. The molecule has 0 fully saturated rings. The van der Waals surface area contributed by atoms with Crippen LogP contribution < -0.4 is 10.6 Å². The maximum atomic E-state index is 12.1. The van der Waals surface area contributed by atoms with Gasteiger partial charge in [0.1, 0.15) is 17.6 Å². The van der Waals surface area contributed by atoms with E-state index in [1.54, 1.807) is 0 Å². The summed E-state index contributed by atoms with van der Waals surface area (Å²) in [5.41, 5.74) is -0.801. The number of benzene rings is 1. The van der Waals surface area contributed by atoms with Gasteiger partial charge >= 0.3 is 12.3 Å². The van der Waals surface area contributed by atoms with Crippen LogP contribution in [0.4, 0.5) is 13.2 Å². The van der Waals surface area contributed by atoms with E-state index in [1.807, 2.05) is 0 Å². The van der Waals surface area contributed by atoms with Gasteiger partial charge in [0, 0.05) is 5.56 Å². The van der Waals surface area contributed by atoms with E-state index in [1.165, 1.54) is 0 Å². The first-order valence-electron chi connectivity index (χ1n) is 4.55. The van der Waals surface area contributed by atoms with Crippen molar-refractivity contribution >= 4 is 46.7 Å². The molecule has 11 heteroatoms. The molecule has 0 amide bonds. The summed E-state index contributed by atoms with van der Waals surface area (Å²) < 4.78 is 43.7. The highest BCUT2D eigenvalue weighted by Crippen LogP contribution is 2.33. The van der Waals surface area contributed by atoms with Crippen molar-refractivity contribution in [3.63, 3.8) is 0 Å². The molecule has 0 aromatic heterocycles. The Bertz CT molecular complexity index is 540. The Balaban J connectivity index is 3.28. The predicted molar refractivity (Wildman–Crippen MR) is 65.8 cm³/mol. The minimum Gasteiger partial charge on any atom is -0.406 e. The molecule has 1 aromatic rings. The third-order valence-electron chi connectivity index (χ3n) is 1.88. The van der Waals surface area contributed by atoms with Crippen LogP contribution in [-0.4, -0.2) is 18.0 Å². The highest BCUT2D eigenvalue weighted by Gasteiger charge is 2.32. The number of rotatable bonds is 3. The van der Waals surface area contributed by atoms with E-state index in [0.717, 1.165) is 12.1 Å². The third kappa shape index (κ3) is 4.06. The Morgan fingerprint density at radius 3 is 2.10 bits per heavy atom. The van der Waals surface area contributed by atoms with Gasteiger partial charge < -0.3 is 14.9 Å². The molecule has 0 atom stereocenters. The Labute approximate surface area is 125 Å². The van der Waals surface area contributed by atoms with Crippen molar-refractivity contribution in [3.05, 3.63) is 27.7 Å². The molecule has 0 saturated carbocycles. The molecule has 0 saturated heterocycles. The molecule has 5 nitrogen and oxygen atoms in total. The number of nitrogens with two attached hydrogens (primary N) is 1. The Hall–Kier alpha value is -1.38. The van der Waals surface area contributed by atoms with Gasteiger partial charge in [-0.1, -0.05) is 23.2 Å². The molecule has 1 rings (SSSR count). The molecule has 0 spiro atoms. The second kappa shape index (κ2) is 6.38. The summed E-state index contributed by atoms with van der Waals surface area (Å²) in [4.78, 5) is 11.3. The minimum atomic E-state index is -4.92. The van der Waals surface area contributed by atoms with E-state index in [2.05, 4.69) is 14.1 Å². The molecule has 2 N–H and O–H groups in total. The molecule has 0 radical (unpaired) electrons. The molecule has 1 aromatic carbocycles. The van der Waals surface area contributed by atoms with Crippen LogP contribution in [0.25, 0.3) is 0 Å². The Morgan fingerprint density at radius 2 is 1.75 bits per heavy atom. The lowest BCUT2D eigenvalue weighted by molar-refractivity contribution is -0.274. The monoisotopic (exact) mass is 350 g/mol. The molecule has 0 aliphatic rings. The van der Waals surface area contributed by atoms with Gasteiger partial charge in [-0.2, -0.15) is 5.10 Å². The van der Waals surface area contributed by atoms with Gasteiger partial charge in [-0.15, -0.1) is 13.2 Å². The van der Waals surface area contributed by atoms with Gasteiger partial charge in [-0.3, -0.25) is 0 Å². The van der Waals surface area contributed by atoms with Crippen molar-refractivity contribution < 1.29 is 27.0 Å². The number of hydrogen-bond acceptors (Lipinski definition) is 5. The van der Waals surface area contributed by atoms with Crippen molar-refractivity contribution in [2.75, 3.05) is 0 Å². The zero-order chi connectivity index (χ0) is 15.5. The second-order valence-electron chi connectivity index (χ2n) is 3.15. The molecule has 0 bridgehead atoms. The summed E-state index contributed by atoms with van der Waals surface area (Å²) in [6, 6.07) is 1.56. The van der Waals surface area contributed by atoms with Gasteiger partial charge in [-0.25, -0.2) is 4.79 Å². The first-order chi connectivity index (χ1) is 9.19. The van der Waals surface area contributed by atoms with Crippen LogP contribution in [0.15, 0.2) is 17.2 Å². The molecule has 0 heterocycles. The number of carbonyl (C=O) groups excluding carboxylic acids is 1. The average molecular weight is 351 g/mol. The molecule has 0 unspecified atom stereocenters. The number of halogens is 6. The van der Waals surface area contributed by atoms with E-state index < -0.39 is 23.8 Å². The summed E-state index contributed by atoms with van der Waals surface area (Å²) >= 11 is 16.3. The van der Waals surface area contributed by atoms with Crippen molar-refractivity contribution in [3.8, 4) is 5.75 Å². The van der Waals surface area contributed by atoms with Gasteiger partial charge in [0.05, 0.1) is 10.0 Å². The van der Waals surface area contributed by atoms with Crippen molar-refractivity contribution in [2.45, 2.75) is 6.36 Å². The summed E-state index contributed by atoms with van der Waals surface area (Å²) in [5, 5.41) is 2.36. The molecular formula is C9H4Cl3F3N2O3. The third-order valence-corrected chi connectivity index (χ3v) is 2.61. The van der Waals surface area contributed by atoms with Crippen LogP contribution in [0.3, 0.4) is 0 Å². The van der Waals surface area contributed by atoms with E-state index >= 15 is 0 Å². The highest BCUT2D eigenvalue weighted by atomic mass is 35.5. The lowest BCUT2D eigenvalue weighted by atomic mass is 10.1. The van der Waals surface area contributed by atoms with Crippen LogP contribution in [0.1, 0.15) is 5.56 Å². The Morgan fingerprint density at radius 1 is 1.25 bits per heavy atom. The van der Waals surface area contributed by atoms with E-state index in [9.17, 15) is 18.0 Å². The average Bonchev–Trinajstić information content (AvgIpc) is 2.30. The number of hydrazone groups is 1. The molecule has 0 aliphatic carbocycles. The van der Waals surface area contributed by atoms with Crippen molar-refractivity contribution in [2.24, 2.45) is 10.9 Å². The number of alkyl halides is 3. The van der Waals surface area contributed by atoms with Crippen LogP contribution in [-0.2, 0) is 9.08 Å². The van der Waals surface area contributed by atoms with E-state index in [-0.39, 0.29) is 15.6 Å². The van der Waals surface area contributed by atoms with Gasteiger partial charge in [-0.05, 0) is 12.1 Å². The predicted octanol–water partition coefficient (Wildman–Crippen LogP) is 3.25. The zero-order valence-electron chi connectivity index (χ0n) is 9.17. The fraction of sp³-hybridized carbons (Fsp3) is 0.111. The largest absolute Gasteiger partial charge is 0.573 e. The van der Waals surface area contributed by atoms with Crippen LogP contribution in [0, 0.1) is 0 Å². The van der Waals surface area contributed by atoms with Crippen LogP contribution in [0.5, 0.6) is 5.75 Å². The second-order valence-corrected chi connectivity index (χ2v) is 4.12. The molecular weight excluding hydrogens is 347 g/mol. The summed E-state index contributed by atoms with van der Waals surface area (Å²) in [5.74, 6) is 3.11. The highest BCUT2D eigenvalue weighted by molar-refractivity contribution is 6.52. The smallest absolute Gasteiger partial charge is 0.406 e. The summed E-state index contributed by atoms with van der Waals surface area (Å²) in [6.07, 6.45) is -4.92. The maximum absolute atomic E-state index is 12.1. The quantitative estimate of drug-likeness (QED) is 0.515. The number of carbonyl (C=O) groups is 1. The SMILES string of the molecule is NN=C(C(=O)OCl)c1c(Cl)cc(OC(F)(F)F)cc1Cl.